The van der Waals surface area contributed by atoms with Gasteiger partial charge in [0.05, 0.1) is 6.61 Å². The van der Waals surface area contributed by atoms with Gasteiger partial charge in [-0.1, -0.05) is 0 Å². The molecule has 100 valence electrons. The average Bonchev–Trinajstić information content (AvgIpc) is 2.29. The number of ether oxygens (including phenoxy) is 2. The van der Waals surface area contributed by atoms with Gasteiger partial charge in [0, 0.05) is 0 Å². The Hall–Kier alpha value is -0.770. The molecule has 0 aromatic heterocycles. The van der Waals surface area contributed by atoms with Gasteiger partial charge in [0.2, 0.25) is 0 Å². The summed E-state index contributed by atoms with van der Waals surface area (Å²) in [5.74, 6) is -1.26. The third-order valence-electron chi connectivity index (χ3n) is 2.53. The van der Waals surface area contributed by atoms with Crippen LogP contribution in [-0.2, 0) is 14.3 Å². The number of aliphatic hydroxyl groups is 4. The van der Waals surface area contributed by atoms with Gasteiger partial charge in [-0.15, -0.1) is 0 Å². The number of carboxylic acid groups (broad SMARTS) is 1. The van der Waals surface area contributed by atoms with Gasteiger partial charge in [0.15, 0.2) is 12.4 Å². The highest BCUT2D eigenvalue weighted by Gasteiger charge is 2.44. The first-order chi connectivity index (χ1) is 7.88. The molecule has 0 saturated carbocycles. The van der Waals surface area contributed by atoms with Crippen molar-refractivity contribution in [3.05, 3.63) is 0 Å². The Kier molecular flexibility index (Phi) is 4.80. The van der Waals surface area contributed by atoms with Crippen LogP contribution < -0.4 is 0 Å². The number of rotatable bonds is 4. The van der Waals surface area contributed by atoms with Crippen LogP contribution in [0.4, 0.5) is 0 Å². The lowest BCUT2D eigenvalue weighted by Crippen LogP contribution is -2.59. The van der Waals surface area contributed by atoms with Crippen molar-refractivity contribution < 1.29 is 39.8 Å². The highest BCUT2D eigenvalue weighted by molar-refractivity contribution is 5.71. The van der Waals surface area contributed by atoms with Gasteiger partial charge >= 0.3 is 5.97 Å². The van der Waals surface area contributed by atoms with Crippen LogP contribution >= 0.6 is 0 Å². The Labute approximate surface area is 97.0 Å². The molecule has 0 spiro atoms. The summed E-state index contributed by atoms with van der Waals surface area (Å²) in [6.45, 7) is 0.635. The summed E-state index contributed by atoms with van der Waals surface area (Å²) in [6, 6.07) is 0. The lowest BCUT2D eigenvalue weighted by Gasteiger charge is -2.40. The van der Waals surface area contributed by atoms with E-state index in [1.165, 1.54) is 6.92 Å². The number of hydrogen-bond acceptors (Lipinski definition) is 7. The van der Waals surface area contributed by atoms with Crippen LogP contribution in [0.2, 0.25) is 0 Å². The Bertz CT molecular complexity index is 268. The van der Waals surface area contributed by atoms with E-state index in [-0.39, 0.29) is 0 Å². The molecule has 1 fully saturated rings. The van der Waals surface area contributed by atoms with Crippen molar-refractivity contribution in [2.75, 3.05) is 6.61 Å². The number of carboxylic acids is 1. The lowest BCUT2D eigenvalue weighted by atomic mass is 9.99. The molecule has 6 unspecified atom stereocenters. The second-order valence-electron chi connectivity index (χ2n) is 3.81. The molecule has 0 aromatic rings. The molecule has 5 N–H and O–H groups in total. The van der Waals surface area contributed by atoms with E-state index in [1.807, 2.05) is 0 Å². The molecule has 6 atom stereocenters. The fourth-order valence-corrected chi connectivity index (χ4v) is 1.44. The van der Waals surface area contributed by atoms with E-state index in [0.717, 1.165) is 0 Å². The second kappa shape index (κ2) is 5.71. The van der Waals surface area contributed by atoms with Crippen LogP contribution in [-0.4, -0.2) is 74.9 Å². The first-order valence-corrected chi connectivity index (χ1v) is 5.07. The summed E-state index contributed by atoms with van der Waals surface area (Å²) >= 11 is 0. The van der Waals surface area contributed by atoms with E-state index in [0.29, 0.717) is 0 Å². The zero-order valence-electron chi connectivity index (χ0n) is 9.13. The molecule has 0 aromatic carbocycles. The van der Waals surface area contributed by atoms with Crippen molar-refractivity contribution in [1.29, 1.82) is 0 Å². The third-order valence-corrected chi connectivity index (χ3v) is 2.53. The Morgan fingerprint density at radius 2 is 1.88 bits per heavy atom. The first kappa shape index (κ1) is 14.3. The molecule has 8 nitrogen and oxygen atoms in total. The molecule has 0 bridgehead atoms. The van der Waals surface area contributed by atoms with Crippen LogP contribution in [0.25, 0.3) is 0 Å². The summed E-state index contributed by atoms with van der Waals surface area (Å²) < 4.78 is 9.82. The van der Waals surface area contributed by atoms with E-state index in [1.54, 1.807) is 0 Å². The molecule has 0 amide bonds. The predicted molar refractivity (Wildman–Crippen MR) is 52.0 cm³/mol. The van der Waals surface area contributed by atoms with Crippen LogP contribution in [0.15, 0.2) is 0 Å². The molecule has 1 heterocycles. The fraction of sp³-hybridized carbons (Fsp3) is 0.889. The largest absolute Gasteiger partial charge is 0.479 e. The summed E-state index contributed by atoms with van der Waals surface area (Å²) in [5, 5.41) is 45.9. The SMILES string of the molecule is CC(OC1OC(CO)C(O)C(O)C1O)C(=O)O. The zero-order chi connectivity index (χ0) is 13.2. The standard InChI is InChI=1S/C9H16O8/c1-3(8(14)15)16-9-7(13)6(12)5(11)4(2-10)17-9/h3-7,9-13H,2H2,1H3,(H,14,15). The van der Waals surface area contributed by atoms with Crippen molar-refractivity contribution in [2.45, 2.75) is 43.7 Å². The normalized spacial score (nSPS) is 39.9. The summed E-state index contributed by atoms with van der Waals surface area (Å²) in [6.07, 6.45) is -8.44. The van der Waals surface area contributed by atoms with Gasteiger partial charge in [-0.2, -0.15) is 0 Å². The monoisotopic (exact) mass is 252 g/mol. The van der Waals surface area contributed by atoms with Gasteiger partial charge in [-0.05, 0) is 6.92 Å². The minimum atomic E-state index is -1.59. The minimum Gasteiger partial charge on any atom is -0.479 e. The molecule has 8 heteroatoms. The van der Waals surface area contributed by atoms with Crippen molar-refractivity contribution in [2.24, 2.45) is 0 Å². The molecular weight excluding hydrogens is 236 g/mol. The van der Waals surface area contributed by atoms with Crippen molar-refractivity contribution in [3.63, 3.8) is 0 Å². The molecule has 1 rings (SSSR count). The summed E-state index contributed by atoms with van der Waals surface area (Å²) in [5.41, 5.74) is 0. The maximum absolute atomic E-state index is 10.6. The maximum atomic E-state index is 10.6. The predicted octanol–water partition coefficient (Wildman–Crippen LogP) is -2.72. The van der Waals surface area contributed by atoms with Crippen molar-refractivity contribution >= 4 is 5.97 Å². The highest BCUT2D eigenvalue weighted by atomic mass is 16.7. The summed E-state index contributed by atoms with van der Waals surface area (Å²) in [7, 11) is 0. The first-order valence-electron chi connectivity index (χ1n) is 5.07. The van der Waals surface area contributed by atoms with E-state index in [4.69, 9.17) is 19.7 Å². The van der Waals surface area contributed by atoms with Crippen molar-refractivity contribution in [3.8, 4) is 0 Å². The van der Waals surface area contributed by atoms with Crippen LogP contribution in [0.1, 0.15) is 6.92 Å². The molecule has 1 aliphatic heterocycles. The van der Waals surface area contributed by atoms with Gasteiger partial charge in [-0.25, -0.2) is 4.79 Å². The molecular formula is C9H16O8. The molecule has 0 aliphatic carbocycles. The van der Waals surface area contributed by atoms with E-state index in [2.05, 4.69) is 0 Å². The average molecular weight is 252 g/mol. The zero-order valence-corrected chi connectivity index (χ0v) is 9.13. The topological polar surface area (TPSA) is 137 Å². The fourth-order valence-electron chi connectivity index (χ4n) is 1.44. The van der Waals surface area contributed by atoms with Gasteiger partial charge < -0.3 is 35.0 Å². The Balaban J connectivity index is 2.68. The van der Waals surface area contributed by atoms with Crippen LogP contribution in [0.3, 0.4) is 0 Å². The van der Waals surface area contributed by atoms with Gasteiger partial charge in [0.25, 0.3) is 0 Å². The highest BCUT2D eigenvalue weighted by Crippen LogP contribution is 2.22. The molecule has 17 heavy (non-hydrogen) atoms. The quantitative estimate of drug-likeness (QED) is 0.364. The molecule has 1 saturated heterocycles. The summed E-state index contributed by atoms with van der Waals surface area (Å²) in [4.78, 5) is 10.6. The molecule has 1 aliphatic rings. The third kappa shape index (κ3) is 3.12. The smallest absolute Gasteiger partial charge is 0.332 e. The van der Waals surface area contributed by atoms with E-state index < -0.39 is 49.4 Å². The number of aliphatic carboxylic acids is 1. The minimum absolute atomic E-state index is 0.591. The van der Waals surface area contributed by atoms with E-state index >= 15 is 0 Å². The van der Waals surface area contributed by atoms with Crippen molar-refractivity contribution in [1.82, 2.24) is 0 Å². The maximum Gasteiger partial charge on any atom is 0.332 e. The van der Waals surface area contributed by atoms with Gasteiger partial charge in [0.1, 0.15) is 24.4 Å². The lowest BCUT2D eigenvalue weighted by molar-refractivity contribution is -0.308. The van der Waals surface area contributed by atoms with Gasteiger partial charge in [-0.3, -0.25) is 0 Å². The second-order valence-corrected chi connectivity index (χ2v) is 3.81. The Morgan fingerprint density at radius 1 is 1.29 bits per heavy atom. The van der Waals surface area contributed by atoms with Crippen LogP contribution in [0, 0.1) is 0 Å². The van der Waals surface area contributed by atoms with Crippen LogP contribution in [0.5, 0.6) is 0 Å². The van der Waals surface area contributed by atoms with E-state index in [9.17, 15) is 20.1 Å². The Morgan fingerprint density at radius 3 is 2.35 bits per heavy atom. The number of aliphatic hydroxyl groups excluding tert-OH is 4. The number of carbonyl (C=O) groups is 1. The number of hydrogen-bond donors (Lipinski definition) is 5. The molecule has 0 radical (unpaired) electrons.